The first-order chi connectivity index (χ1) is 9.46. The van der Waals surface area contributed by atoms with Gasteiger partial charge in [-0.2, -0.15) is 0 Å². The van der Waals surface area contributed by atoms with Crippen molar-refractivity contribution in [1.82, 2.24) is 9.71 Å². The number of nitrogens with zero attached hydrogens (tertiary/aromatic N) is 1. The van der Waals surface area contributed by atoms with E-state index in [9.17, 15) is 8.42 Å². The van der Waals surface area contributed by atoms with E-state index < -0.39 is 10.0 Å². The van der Waals surface area contributed by atoms with Crippen molar-refractivity contribution in [3.05, 3.63) is 31.9 Å². The van der Waals surface area contributed by atoms with E-state index in [1.807, 2.05) is 6.92 Å². The van der Waals surface area contributed by atoms with Crippen LogP contribution >= 0.6 is 22.7 Å². The van der Waals surface area contributed by atoms with Crippen molar-refractivity contribution in [3.8, 4) is 0 Å². The van der Waals surface area contributed by atoms with Crippen molar-refractivity contribution in [2.24, 2.45) is 5.73 Å². The zero-order valence-electron chi connectivity index (χ0n) is 11.3. The lowest BCUT2D eigenvalue weighted by Gasteiger charge is -2.04. The first-order valence-corrected chi connectivity index (χ1v) is 9.30. The molecule has 0 bridgehead atoms. The van der Waals surface area contributed by atoms with Crippen molar-refractivity contribution in [3.63, 3.8) is 0 Å². The quantitative estimate of drug-likeness (QED) is 0.848. The summed E-state index contributed by atoms with van der Waals surface area (Å²) < 4.78 is 27.1. The Morgan fingerprint density at radius 1 is 1.35 bits per heavy atom. The molecule has 0 atom stereocenters. The van der Waals surface area contributed by atoms with Gasteiger partial charge in [0.25, 0.3) is 0 Å². The SMILES string of the molecule is CCc1cnc(CNS(=O)(=O)c2cc(CN)sc2C)s1. The van der Waals surface area contributed by atoms with Gasteiger partial charge < -0.3 is 5.73 Å². The predicted molar refractivity (Wildman–Crippen MR) is 82.5 cm³/mol. The molecule has 0 aliphatic rings. The van der Waals surface area contributed by atoms with Gasteiger partial charge in [0.1, 0.15) is 5.01 Å². The van der Waals surface area contributed by atoms with E-state index in [4.69, 9.17) is 5.73 Å². The Labute approximate surface area is 126 Å². The average Bonchev–Trinajstić information content (AvgIpc) is 3.02. The van der Waals surface area contributed by atoms with Crippen molar-refractivity contribution >= 4 is 32.7 Å². The van der Waals surface area contributed by atoms with E-state index in [1.165, 1.54) is 22.7 Å². The van der Waals surface area contributed by atoms with Crippen LogP contribution in [0.15, 0.2) is 17.2 Å². The van der Waals surface area contributed by atoms with Crippen molar-refractivity contribution in [2.75, 3.05) is 0 Å². The van der Waals surface area contributed by atoms with Gasteiger partial charge in [-0.25, -0.2) is 18.1 Å². The maximum absolute atomic E-state index is 12.3. The van der Waals surface area contributed by atoms with E-state index in [1.54, 1.807) is 19.2 Å². The highest BCUT2D eigenvalue weighted by atomic mass is 32.2. The van der Waals surface area contributed by atoms with Gasteiger partial charge >= 0.3 is 0 Å². The van der Waals surface area contributed by atoms with Crippen LogP contribution in [0.3, 0.4) is 0 Å². The molecule has 2 aromatic rings. The van der Waals surface area contributed by atoms with Crippen molar-refractivity contribution < 1.29 is 8.42 Å². The average molecular weight is 331 g/mol. The molecule has 8 heteroatoms. The fourth-order valence-electron chi connectivity index (χ4n) is 1.72. The summed E-state index contributed by atoms with van der Waals surface area (Å²) in [5, 5.41) is 0.775. The molecule has 0 aliphatic carbocycles. The third-order valence-electron chi connectivity index (χ3n) is 2.78. The highest BCUT2D eigenvalue weighted by Gasteiger charge is 2.19. The number of sulfonamides is 1. The summed E-state index contributed by atoms with van der Waals surface area (Å²) in [5.41, 5.74) is 5.55. The summed E-state index contributed by atoms with van der Waals surface area (Å²) in [6, 6.07) is 1.64. The van der Waals surface area contributed by atoms with E-state index in [2.05, 4.69) is 9.71 Å². The molecule has 0 amide bonds. The minimum atomic E-state index is -3.50. The Hall–Kier alpha value is -0.800. The van der Waals surface area contributed by atoms with Crippen LogP contribution in [0.2, 0.25) is 0 Å². The molecule has 0 radical (unpaired) electrons. The third-order valence-corrected chi connectivity index (χ3v) is 6.65. The number of thiazole rings is 1. The van der Waals surface area contributed by atoms with Gasteiger partial charge in [-0.1, -0.05) is 6.92 Å². The zero-order chi connectivity index (χ0) is 14.8. The molecular formula is C12H17N3O2S3. The van der Waals surface area contributed by atoms with Gasteiger partial charge in [-0.15, -0.1) is 22.7 Å². The van der Waals surface area contributed by atoms with Gasteiger partial charge in [0.05, 0.1) is 11.4 Å². The summed E-state index contributed by atoms with van der Waals surface area (Å²) in [7, 11) is -3.50. The predicted octanol–water partition coefficient (Wildman–Crippen LogP) is 2.01. The molecule has 2 heterocycles. The van der Waals surface area contributed by atoms with Crippen LogP contribution in [0.4, 0.5) is 0 Å². The number of hydrogen-bond acceptors (Lipinski definition) is 6. The lowest BCUT2D eigenvalue weighted by molar-refractivity contribution is 0.581. The van der Waals surface area contributed by atoms with E-state index in [0.29, 0.717) is 11.4 Å². The van der Waals surface area contributed by atoms with Gasteiger partial charge in [-0.3, -0.25) is 0 Å². The number of thiophene rings is 1. The molecule has 2 aromatic heterocycles. The van der Waals surface area contributed by atoms with Gasteiger partial charge in [0.2, 0.25) is 10.0 Å². The third kappa shape index (κ3) is 3.44. The van der Waals surface area contributed by atoms with Crippen LogP contribution in [0.1, 0.15) is 26.6 Å². The topological polar surface area (TPSA) is 85.1 Å². The first kappa shape index (κ1) is 15.6. The van der Waals surface area contributed by atoms with E-state index in [0.717, 1.165) is 26.1 Å². The maximum atomic E-state index is 12.3. The molecule has 0 saturated carbocycles. The standard InChI is InChI=1S/C12H17N3O2S3/c1-3-9-6-14-12(19-9)7-15-20(16,17)11-4-10(5-13)18-8(11)2/h4,6,15H,3,5,7,13H2,1-2H3. The fourth-order valence-corrected chi connectivity index (χ4v) is 5.11. The van der Waals surface area contributed by atoms with E-state index >= 15 is 0 Å². The molecule has 3 N–H and O–H groups in total. The Bertz CT molecular complexity index is 689. The number of rotatable bonds is 6. The second-order valence-corrected chi connectivity index (χ2v) is 8.51. The lowest BCUT2D eigenvalue weighted by atomic mass is 10.4. The lowest BCUT2D eigenvalue weighted by Crippen LogP contribution is -2.23. The van der Waals surface area contributed by atoms with Crippen molar-refractivity contribution in [2.45, 2.75) is 38.3 Å². The van der Waals surface area contributed by atoms with Crippen LogP contribution < -0.4 is 10.5 Å². The van der Waals surface area contributed by atoms with Crippen LogP contribution in [-0.2, 0) is 29.5 Å². The molecule has 20 heavy (non-hydrogen) atoms. The fraction of sp³-hybridized carbons (Fsp3) is 0.417. The summed E-state index contributed by atoms with van der Waals surface area (Å²) >= 11 is 2.94. The second kappa shape index (κ2) is 6.31. The number of nitrogens with one attached hydrogen (secondary N) is 1. The van der Waals surface area contributed by atoms with Gasteiger partial charge in [-0.05, 0) is 19.4 Å². The highest BCUT2D eigenvalue weighted by Crippen LogP contribution is 2.25. The second-order valence-electron chi connectivity index (χ2n) is 4.24. The maximum Gasteiger partial charge on any atom is 0.242 e. The molecule has 0 aliphatic heterocycles. The Balaban J connectivity index is 2.12. The smallest absolute Gasteiger partial charge is 0.242 e. The van der Waals surface area contributed by atoms with Crippen LogP contribution in [0.5, 0.6) is 0 Å². The molecule has 0 saturated heterocycles. The molecular weight excluding hydrogens is 314 g/mol. The number of aromatic nitrogens is 1. The molecule has 0 spiro atoms. The van der Waals surface area contributed by atoms with Gasteiger partial charge in [0.15, 0.2) is 0 Å². The minimum absolute atomic E-state index is 0.222. The Kier molecular flexibility index (Phi) is 4.92. The summed E-state index contributed by atoms with van der Waals surface area (Å²) in [4.78, 5) is 7.29. The monoisotopic (exact) mass is 331 g/mol. The normalized spacial score (nSPS) is 11.9. The summed E-state index contributed by atoms with van der Waals surface area (Å²) in [6.07, 6.45) is 2.70. The largest absolute Gasteiger partial charge is 0.326 e. The highest BCUT2D eigenvalue weighted by molar-refractivity contribution is 7.89. The number of hydrogen-bond donors (Lipinski definition) is 2. The molecule has 5 nitrogen and oxygen atoms in total. The first-order valence-electron chi connectivity index (χ1n) is 6.19. The zero-order valence-corrected chi connectivity index (χ0v) is 13.8. The van der Waals surface area contributed by atoms with Crippen LogP contribution in [0.25, 0.3) is 0 Å². The molecule has 0 aromatic carbocycles. The minimum Gasteiger partial charge on any atom is -0.326 e. The van der Waals surface area contributed by atoms with Gasteiger partial charge in [0, 0.05) is 27.4 Å². The van der Waals surface area contributed by atoms with Crippen LogP contribution in [-0.4, -0.2) is 13.4 Å². The Morgan fingerprint density at radius 2 is 2.10 bits per heavy atom. The molecule has 0 fully saturated rings. The Morgan fingerprint density at radius 3 is 2.65 bits per heavy atom. The summed E-state index contributed by atoms with van der Waals surface area (Å²) in [5.74, 6) is 0. The van der Waals surface area contributed by atoms with Crippen LogP contribution in [0, 0.1) is 6.92 Å². The molecule has 0 unspecified atom stereocenters. The molecule has 110 valence electrons. The number of nitrogens with two attached hydrogens (primary N) is 1. The molecule has 2 rings (SSSR count). The number of aryl methyl sites for hydroxylation is 2. The van der Waals surface area contributed by atoms with Crippen molar-refractivity contribution in [1.29, 1.82) is 0 Å². The summed E-state index contributed by atoms with van der Waals surface area (Å²) in [6.45, 7) is 4.41. The van der Waals surface area contributed by atoms with E-state index in [-0.39, 0.29) is 6.54 Å².